The van der Waals surface area contributed by atoms with Crippen molar-refractivity contribution in [1.29, 1.82) is 5.26 Å². The monoisotopic (exact) mass is 402 g/mol. The van der Waals surface area contributed by atoms with Crippen molar-refractivity contribution in [3.05, 3.63) is 26.8 Å². The zero-order valence-electron chi connectivity index (χ0n) is 11.3. The molecule has 1 rings (SSSR count). The standard InChI is InChI=1S/C14H15IN2O2S/c1-3-4-19-13-11(15)6-9(7-12(13)18-2)5-10(8-16)14(17)20/h5-7H,3-4H2,1-2H3,(H2,17,20)/b10-5-. The Morgan fingerprint density at radius 3 is 2.75 bits per heavy atom. The minimum absolute atomic E-state index is 0.0767. The van der Waals surface area contributed by atoms with E-state index in [1.54, 1.807) is 19.3 Å². The van der Waals surface area contributed by atoms with E-state index in [4.69, 9.17) is 32.7 Å². The molecule has 106 valence electrons. The Labute approximate surface area is 137 Å². The van der Waals surface area contributed by atoms with Crippen molar-refractivity contribution in [2.24, 2.45) is 5.73 Å². The van der Waals surface area contributed by atoms with Gasteiger partial charge >= 0.3 is 0 Å². The van der Waals surface area contributed by atoms with E-state index in [1.807, 2.05) is 19.1 Å². The van der Waals surface area contributed by atoms with Gasteiger partial charge in [0.05, 0.1) is 22.9 Å². The quantitative estimate of drug-likeness (QED) is 0.342. The van der Waals surface area contributed by atoms with Crippen LogP contribution in [0.3, 0.4) is 0 Å². The number of nitrogens with zero attached hydrogens (tertiary/aromatic N) is 1. The van der Waals surface area contributed by atoms with Crippen LogP contribution in [0, 0.1) is 14.9 Å². The van der Waals surface area contributed by atoms with Crippen LogP contribution in [0.1, 0.15) is 18.9 Å². The van der Waals surface area contributed by atoms with Gasteiger partial charge in [0.1, 0.15) is 11.1 Å². The second kappa shape index (κ2) is 8.07. The number of nitriles is 1. The minimum Gasteiger partial charge on any atom is -0.493 e. The maximum Gasteiger partial charge on any atom is 0.174 e. The minimum atomic E-state index is 0.0767. The lowest BCUT2D eigenvalue weighted by atomic mass is 10.1. The maximum absolute atomic E-state index is 8.98. The van der Waals surface area contributed by atoms with Crippen molar-refractivity contribution >= 4 is 45.9 Å². The van der Waals surface area contributed by atoms with Crippen LogP contribution in [0.25, 0.3) is 6.08 Å². The van der Waals surface area contributed by atoms with Crippen LogP contribution >= 0.6 is 34.8 Å². The van der Waals surface area contributed by atoms with Gasteiger partial charge in [0.15, 0.2) is 11.5 Å². The largest absolute Gasteiger partial charge is 0.493 e. The summed E-state index contributed by atoms with van der Waals surface area (Å²) in [5.74, 6) is 1.33. The summed E-state index contributed by atoms with van der Waals surface area (Å²) in [5.41, 5.74) is 6.54. The SMILES string of the molecule is CCCOc1c(I)cc(/C=C(/C#N)C(N)=S)cc1OC. The molecule has 0 aliphatic rings. The molecule has 0 aromatic heterocycles. The van der Waals surface area contributed by atoms with Crippen molar-refractivity contribution in [2.75, 3.05) is 13.7 Å². The van der Waals surface area contributed by atoms with Gasteiger partial charge in [0.25, 0.3) is 0 Å². The number of hydrogen-bond acceptors (Lipinski definition) is 4. The first-order chi connectivity index (χ1) is 9.53. The third-order valence-corrected chi connectivity index (χ3v) is 3.42. The summed E-state index contributed by atoms with van der Waals surface area (Å²) >= 11 is 6.99. The highest BCUT2D eigenvalue weighted by atomic mass is 127. The molecular weight excluding hydrogens is 387 g/mol. The highest BCUT2D eigenvalue weighted by Crippen LogP contribution is 2.34. The molecule has 6 heteroatoms. The lowest BCUT2D eigenvalue weighted by Gasteiger charge is -2.13. The Kier molecular flexibility index (Phi) is 6.75. The van der Waals surface area contributed by atoms with Crippen molar-refractivity contribution in [3.63, 3.8) is 0 Å². The van der Waals surface area contributed by atoms with Gasteiger partial charge in [-0.05, 0) is 52.8 Å². The topological polar surface area (TPSA) is 68.3 Å². The number of halogens is 1. The van der Waals surface area contributed by atoms with Crippen molar-refractivity contribution in [3.8, 4) is 17.6 Å². The van der Waals surface area contributed by atoms with E-state index < -0.39 is 0 Å². The number of ether oxygens (including phenoxy) is 2. The van der Waals surface area contributed by atoms with Gasteiger partial charge in [-0.2, -0.15) is 5.26 Å². The van der Waals surface area contributed by atoms with Crippen molar-refractivity contribution < 1.29 is 9.47 Å². The number of nitrogens with two attached hydrogens (primary N) is 1. The van der Waals surface area contributed by atoms with E-state index in [2.05, 4.69) is 22.6 Å². The Morgan fingerprint density at radius 2 is 2.25 bits per heavy atom. The highest BCUT2D eigenvalue weighted by molar-refractivity contribution is 14.1. The summed E-state index contributed by atoms with van der Waals surface area (Å²) in [6.07, 6.45) is 2.55. The molecular formula is C14H15IN2O2S. The molecule has 0 unspecified atom stereocenters. The molecule has 2 N–H and O–H groups in total. The number of rotatable bonds is 6. The molecule has 0 bridgehead atoms. The first kappa shape index (κ1) is 16.7. The fraction of sp³-hybridized carbons (Fsp3) is 0.286. The second-order valence-electron chi connectivity index (χ2n) is 3.92. The Hall–Kier alpha value is -1.33. The molecule has 0 aliphatic carbocycles. The van der Waals surface area contributed by atoms with Gasteiger partial charge < -0.3 is 15.2 Å². The Morgan fingerprint density at radius 1 is 1.55 bits per heavy atom. The predicted octanol–water partition coefficient (Wildman–Crippen LogP) is 3.28. The third kappa shape index (κ3) is 4.35. The number of methoxy groups -OCH3 is 1. The maximum atomic E-state index is 8.98. The summed E-state index contributed by atoms with van der Waals surface area (Å²) in [4.78, 5) is 0.0767. The van der Waals surface area contributed by atoms with E-state index in [9.17, 15) is 0 Å². The first-order valence-electron chi connectivity index (χ1n) is 5.95. The van der Waals surface area contributed by atoms with Crippen LogP contribution in [0.15, 0.2) is 17.7 Å². The molecule has 1 aromatic rings. The molecule has 0 radical (unpaired) electrons. The third-order valence-electron chi connectivity index (χ3n) is 2.40. The molecule has 0 fully saturated rings. The predicted molar refractivity (Wildman–Crippen MR) is 91.9 cm³/mol. The average molecular weight is 402 g/mol. The molecule has 0 atom stereocenters. The molecule has 0 spiro atoms. The molecule has 0 amide bonds. The summed E-state index contributed by atoms with van der Waals surface area (Å²) in [6.45, 7) is 2.66. The number of hydrogen-bond donors (Lipinski definition) is 1. The molecule has 0 aliphatic heterocycles. The average Bonchev–Trinajstić information content (AvgIpc) is 2.42. The number of thiocarbonyl (C=S) groups is 1. The fourth-order valence-electron chi connectivity index (χ4n) is 1.49. The van der Waals surface area contributed by atoms with E-state index in [0.29, 0.717) is 18.1 Å². The summed E-state index contributed by atoms with van der Waals surface area (Å²) < 4.78 is 11.9. The van der Waals surface area contributed by atoms with E-state index in [1.165, 1.54) is 0 Å². The zero-order valence-corrected chi connectivity index (χ0v) is 14.2. The highest BCUT2D eigenvalue weighted by Gasteiger charge is 2.11. The van der Waals surface area contributed by atoms with E-state index in [-0.39, 0.29) is 10.6 Å². The van der Waals surface area contributed by atoms with Gasteiger partial charge in [-0.15, -0.1) is 0 Å². The molecule has 0 saturated heterocycles. The molecule has 1 aromatic carbocycles. The van der Waals surface area contributed by atoms with Gasteiger partial charge in [0.2, 0.25) is 0 Å². The number of benzene rings is 1. The van der Waals surface area contributed by atoms with Crippen molar-refractivity contribution in [1.82, 2.24) is 0 Å². The van der Waals surface area contributed by atoms with Gasteiger partial charge in [-0.3, -0.25) is 0 Å². The fourth-order valence-corrected chi connectivity index (χ4v) is 2.38. The summed E-state index contributed by atoms with van der Waals surface area (Å²) in [5, 5.41) is 8.98. The molecule has 20 heavy (non-hydrogen) atoms. The second-order valence-corrected chi connectivity index (χ2v) is 5.52. The van der Waals surface area contributed by atoms with Crippen LogP contribution in [0.2, 0.25) is 0 Å². The summed E-state index contributed by atoms with van der Waals surface area (Å²) in [6, 6.07) is 5.66. The zero-order chi connectivity index (χ0) is 15.1. The van der Waals surface area contributed by atoms with Crippen molar-refractivity contribution in [2.45, 2.75) is 13.3 Å². The van der Waals surface area contributed by atoms with Gasteiger partial charge in [0, 0.05) is 0 Å². The molecule has 0 saturated carbocycles. The smallest absolute Gasteiger partial charge is 0.174 e. The van der Waals surface area contributed by atoms with Gasteiger partial charge in [-0.25, -0.2) is 0 Å². The van der Waals surface area contributed by atoms with E-state index >= 15 is 0 Å². The normalized spacial score (nSPS) is 10.8. The molecule has 0 heterocycles. The Balaban J connectivity index is 3.23. The lowest BCUT2D eigenvalue weighted by molar-refractivity contribution is 0.292. The van der Waals surface area contributed by atoms with Crippen LogP contribution in [0.5, 0.6) is 11.5 Å². The lowest BCUT2D eigenvalue weighted by Crippen LogP contribution is -2.09. The van der Waals surface area contributed by atoms with Crippen LogP contribution in [0.4, 0.5) is 0 Å². The van der Waals surface area contributed by atoms with Crippen LogP contribution in [-0.4, -0.2) is 18.7 Å². The summed E-state index contributed by atoms with van der Waals surface area (Å²) in [7, 11) is 1.58. The van der Waals surface area contributed by atoms with Crippen LogP contribution < -0.4 is 15.2 Å². The molecule has 4 nitrogen and oxygen atoms in total. The Bertz CT molecular complexity index is 579. The first-order valence-corrected chi connectivity index (χ1v) is 7.44. The van der Waals surface area contributed by atoms with Crippen LogP contribution in [-0.2, 0) is 0 Å². The van der Waals surface area contributed by atoms with E-state index in [0.717, 1.165) is 15.6 Å². The van der Waals surface area contributed by atoms with Gasteiger partial charge in [-0.1, -0.05) is 19.1 Å².